The maximum Gasteiger partial charge on any atom is 0.407 e. The van der Waals surface area contributed by atoms with Crippen LogP contribution < -0.4 is 5.32 Å². The molecule has 1 amide bonds. The highest BCUT2D eigenvalue weighted by molar-refractivity contribution is 5.75. The van der Waals surface area contributed by atoms with E-state index in [0.29, 0.717) is 25.9 Å². The first-order valence-corrected chi connectivity index (χ1v) is 8.64. The second kappa shape index (κ2) is 7.87. The van der Waals surface area contributed by atoms with Gasteiger partial charge in [0.2, 0.25) is 0 Å². The van der Waals surface area contributed by atoms with Crippen LogP contribution in [0, 0.1) is 5.41 Å². The Balaban J connectivity index is 1.76. The molecular formula is C19H28N2O4. The monoisotopic (exact) mass is 348 g/mol. The molecule has 1 aliphatic heterocycles. The third kappa shape index (κ3) is 6.05. The fraction of sp³-hybridized carbons (Fsp3) is 0.579. The van der Waals surface area contributed by atoms with Crippen molar-refractivity contribution in [2.24, 2.45) is 5.41 Å². The molecule has 0 bridgehead atoms. The summed E-state index contributed by atoms with van der Waals surface area (Å²) in [4.78, 5) is 29.4. The lowest BCUT2D eigenvalue weighted by Crippen LogP contribution is -2.54. The van der Waals surface area contributed by atoms with E-state index in [-0.39, 0.29) is 18.1 Å². The van der Waals surface area contributed by atoms with E-state index < -0.39 is 11.5 Å². The van der Waals surface area contributed by atoms with E-state index in [2.05, 4.69) is 5.32 Å². The molecule has 0 atom stereocenters. The van der Waals surface area contributed by atoms with Gasteiger partial charge in [-0.2, -0.15) is 0 Å². The molecule has 6 heteroatoms. The lowest BCUT2D eigenvalue weighted by atomic mass is 9.90. The van der Waals surface area contributed by atoms with Crippen LogP contribution in [0.1, 0.15) is 46.1 Å². The van der Waals surface area contributed by atoms with E-state index >= 15 is 0 Å². The average molecular weight is 348 g/mol. The Bertz CT molecular complexity index is 587. The molecule has 0 unspecified atom stereocenters. The number of piperidine rings is 1. The molecule has 6 nitrogen and oxygen atoms in total. The Morgan fingerprint density at radius 2 is 1.76 bits per heavy atom. The van der Waals surface area contributed by atoms with E-state index in [9.17, 15) is 9.59 Å². The van der Waals surface area contributed by atoms with Gasteiger partial charge in [-0.3, -0.25) is 0 Å². The molecule has 1 aromatic carbocycles. The van der Waals surface area contributed by atoms with Gasteiger partial charge < -0.3 is 14.9 Å². The standard InChI is InChI=1S/C19H28N2O4/c1-18(2,3)16(22)25-21-12-10-19(4,11-13-21)20-17(23)24-14-15-8-6-5-7-9-15/h5-9H,10-14H2,1-4H3,(H,20,23). The second-order valence-corrected chi connectivity index (χ2v) is 7.81. The molecule has 1 aliphatic rings. The van der Waals surface area contributed by atoms with Crippen LogP contribution in [0.15, 0.2) is 30.3 Å². The summed E-state index contributed by atoms with van der Waals surface area (Å²) in [5.74, 6) is -0.244. The van der Waals surface area contributed by atoms with Crippen LogP contribution in [0.5, 0.6) is 0 Å². The van der Waals surface area contributed by atoms with Crippen molar-refractivity contribution in [3.63, 3.8) is 0 Å². The SMILES string of the molecule is CC1(NC(=O)OCc2ccccc2)CCN(OC(=O)C(C)(C)C)CC1. The number of alkyl carbamates (subject to hydrolysis) is 1. The predicted molar refractivity (Wildman–Crippen MR) is 94.5 cm³/mol. The van der Waals surface area contributed by atoms with Crippen molar-refractivity contribution in [1.82, 2.24) is 10.4 Å². The molecule has 1 saturated heterocycles. The van der Waals surface area contributed by atoms with Crippen molar-refractivity contribution in [3.8, 4) is 0 Å². The molecule has 25 heavy (non-hydrogen) atoms. The predicted octanol–water partition coefficient (Wildman–Crippen LogP) is 3.27. The van der Waals surface area contributed by atoms with Gasteiger partial charge in [0.05, 0.1) is 5.41 Å². The maximum atomic E-state index is 12.0. The van der Waals surface area contributed by atoms with Gasteiger partial charge in [0.15, 0.2) is 0 Å². The highest BCUT2D eigenvalue weighted by Crippen LogP contribution is 2.24. The Labute approximate surface area is 149 Å². The summed E-state index contributed by atoms with van der Waals surface area (Å²) in [6.07, 6.45) is 0.946. The van der Waals surface area contributed by atoms with Crippen LogP contribution in [-0.4, -0.2) is 35.8 Å². The molecule has 1 N–H and O–H groups in total. The number of nitrogens with zero attached hydrogens (tertiary/aromatic N) is 1. The molecule has 0 spiro atoms. The van der Waals surface area contributed by atoms with E-state index in [1.807, 2.05) is 58.0 Å². The molecule has 0 aliphatic carbocycles. The van der Waals surface area contributed by atoms with Crippen LogP contribution >= 0.6 is 0 Å². The van der Waals surface area contributed by atoms with Gasteiger partial charge >= 0.3 is 12.1 Å². The highest BCUT2D eigenvalue weighted by Gasteiger charge is 2.35. The quantitative estimate of drug-likeness (QED) is 0.904. The Kier molecular flexibility index (Phi) is 6.06. The number of hydrogen-bond donors (Lipinski definition) is 1. The number of amides is 1. The summed E-state index contributed by atoms with van der Waals surface area (Å²) in [6.45, 7) is 8.88. The van der Waals surface area contributed by atoms with Crippen LogP contribution in [0.4, 0.5) is 4.79 Å². The van der Waals surface area contributed by atoms with Crippen molar-refractivity contribution in [1.29, 1.82) is 0 Å². The minimum absolute atomic E-state index is 0.244. The molecule has 0 aromatic heterocycles. The largest absolute Gasteiger partial charge is 0.445 e. The Morgan fingerprint density at radius 3 is 2.32 bits per heavy atom. The van der Waals surface area contributed by atoms with Crippen molar-refractivity contribution >= 4 is 12.1 Å². The molecule has 138 valence electrons. The number of carbonyl (C=O) groups is 2. The van der Waals surface area contributed by atoms with E-state index in [1.54, 1.807) is 5.06 Å². The van der Waals surface area contributed by atoms with Crippen molar-refractivity contribution in [2.45, 2.75) is 52.7 Å². The van der Waals surface area contributed by atoms with Crippen LogP contribution in [0.2, 0.25) is 0 Å². The molecular weight excluding hydrogens is 320 g/mol. The van der Waals surface area contributed by atoms with Crippen molar-refractivity contribution in [2.75, 3.05) is 13.1 Å². The van der Waals surface area contributed by atoms with Gasteiger partial charge in [-0.1, -0.05) is 30.3 Å². The Morgan fingerprint density at radius 1 is 1.16 bits per heavy atom. The van der Waals surface area contributed by atoms with Gasteiger partial charge in [0, 0.05) is 18.6 Å². The van der Waals surface area contributed by atoms with Gasteiger partial charge in [0.25, 0.3) is 0 Å². The summed E-state index contributed by atoms with van der Waals surface area (Å²) in [5.41, 5.74) is 0.0604. The van der Waals surface area contributed by atoms with E-state index in [1.165, 1.54) is 0 Å². The summed E-state index contributed by atoms with van der Waals surface area (Å²) in [7, 11) is 0. The summed E-state index contributed by atoms with van der Waals surface area (Å²) in [5, 5.41) is 4.61. The van der Waals surface area contributed by atoms with Crippen molar-refractivity contribution in [3.05, 3.63) is 35.9 Å². The summed E-state index contributed by atoms with van der Waals surface area (Å²) in [6, 6.07) is 9.57. The highest BCUT2D eigenvalue weighted by atomic mass is 16.7. The fourth-order valence-electron chi connectivity index (χ4n) is 2.46. The van der Waals surface area contributed by atoms with Crippen LogP contribution in [-0.2, 0) is 21.0 Å². The molecule has 1 fully saturated rings. The van der Waals surface area contributed by atoms with Crippen LogP contribution in [0.25, 0.3) is 0 Å². The van der Waals surface area contributed by atoms with Gasteiger partial charge in [-0.15, -0.1) is 5.06 Å². The number of benzene rings is 1. The topological polar surface area (TPSA) is 67.9 Å². The maximum absolute atomic E-state index is 12.0. The van der Waals surface area contributed by atoms with Crippen LogP contribution in [0.3, 0.4) is 0 Å². The first-order chi connectivity index (χ1) is 11.7. The number of hydroxylamine groups is 2. The molecule has 2 rings (SSSR count). The normalized spacial score (nSPS) is 17.6. The van der Waals surface area contributed by atoms with Crippen molar-refractivity contribution < 1.29 is 19.2 Å². The average Bonchev–Trinajstić information content (AvgIpc) is 2.55. The third-order valence-corrected chi connectivity index (χ3v) is 4.27. The summed E-state index contributed by atoms with van der Waals surface area (Å²) < 4.78 is 5.28. The zero-order valence-electron chi connectivity index (χ0n) is 15.5. The zero-order chi connectivity index (χ0) is 18.5. The van der Waals surface area contributed by atoms with E-state index in [0.717, 1.165) is 5.56 Å². The molecule has 1 heterocycles. The minimum atomic E-state index is -0.528. The lowest BCUT2D eigenvalue weighted by Gasteiger charge is -2.39. The minimum Gasteiger partial charge on any atom is -0.445 e. The van der Waals surface area contributed by atoms with Gasteiger partial charge in [-0.05, 0) is 46.1 Å². The first-order valence-electron chi connectivity index (χ1n) is 8.64. The fourth-order valence-corrected chi connectivity index (χ4v) is 2.46. The second-order valence-electron chi connectivity index (χ2n) is 7.81. The number of hydrogen-bond acceptors (Lipinski definition) is 5. The van der Waals surface area contributed by atoms with Gasteiger partial charge in [-0.25, -0.2) is 9.59 Å². The number of ether oxygens (including phenoxy) is 1. The summed E-state index contributed by atoms with van der Waals surface area (Å²) >= 11 is 0. The molecule has 0 radical (unpaired) electrons. The zero-order valence-corrected chi connectivity index (χ0v) is 15.5. The third-order valence-electron chi connectivity index (χ3n) is 4.27. The van der Waals surface area contributed by atoms with Gasteiger partial charge in [0.1, 0.15) is 6.61 Å². The molecule has 0 saturated carbocycles. The lowest BCUT2D eigenvalue weighted by molar-refractivity contribution is -0.206. The first kappa shape index (κ1) is 19.2. The molecule has 1 aromatic rings. The number of rotatable bonds is 4. The number of carbonyl (C=O) groups excluding carboxylic acids is 2. The Hall–Kier alpha value is -2.08. The smallest absolute Gasteiger partial charge is 0.407 e. The van der Waals surface area contributed by atoms with E-state index in [4.69, 9.17) is 9.57 Å². The number of nitrogens with one attached hydrogen (secondary N) is 1.